The van der Waals surface area contributed by atoms with Crippen molar-refractivity contribution in [2.75, 3.05) is 24.6 Å². The summed E-state index contributed by atoms with van der Waals surface area (Å²) in [6.45, 7) is -1.28. The number of sulfone groups is 2. The minimum Gasteiger partial charge on any atom is -0.338 e. The van der Waals surface area contributed by atoms with Crippen LogP contribution in [0.5, 0.6) is 0 Å². The number of likely N-dealkylation sites (tertiary alicyclic amines) is 1. The van der Waals surface area contributed by atoms with Gasteiger partial charge in [-0.1, -0.05) is 24.3 Å². The third-order valence-corrected chi connectivity index (χ3v) is 11.9. The molecule has 2 heterocycles. The molecule has 4 rings (SSSR count). The molecule has 0 aliphatic carbocycles. The summed E-state index contributed by atoms with van der Waals surface area (Å²) in [5.41, 5.74) is -10.8. The molecule has 2 saturated heterocycles. The maximum Gasteiger partial charge on any atom is 0.435 e. The minimum absolute atomic E-state index is 0.130. The van der Waals surface area contributed by atoms with E-state index in [1.165, 1.54) is 0 Å². The van der Waals surface area contributed by atoms with E-state index in [0.29, 0.717) is 12.1 Å². The molecule has 0 aromatic heterocycles. The average molecular weight is 652 g/mol. The second kappa shape index (κ2) is 10.1. The van der Waals surface area contributed by atoms with Gasteiger partial charge in [0, 0.05) is 31.5 Å². The molecule has 0 radical (unpaired) electrons. The van der Waals surface area contributed by atoms with Gasteiger partial charge in [-0.25, -0.2) is 30.0 Å². The van der Waals surface area contributed by atoms with Crippen LogP contribution < -0.4 is 0 Å². The largest absolute Gasteiger partial charge is 0.435 e. The lowest BCUT2D eigenvalue weighted by molar-refractivity contribution is -0.348. The highest BCUT2D eigenvalue weighted by atomic mass is 32.2. The number of nitrogens with zero attached hydrogens (tertiary/aromatic N) is 1. The van der Waals surface area contributed by atoms with Gasteiger partial charge in [-0.15, -0.1) is 0 Å². The van der Waals surface area contributed by atoms with Crippen LogP contribution in [0.1, 0.15) is 30.4 Å². The van der Waals surface area contributed by atoms with Gasteiger partial charge in [0.15, 0.2) is 25.3 Å². The first-order valence-corrected chi connectivity index (χ1v) is 15.5. The molecule has 2 aromatic rings. The Bertz CT molecular complexity index is 1540. The first kappa shape index (κ1) is 32.1. The van der Waals surface area contributed by atoms with Crippen LogP contribution in [0, 0.1) is 5.82 Å². The topological polar surface area (TPSA) is 88.6 Å². The van der Waals surface area contributed by atoms with Crippen molar-refractivity contribution in [3.05, 3.63) is 65.5 Å². The molecule has 2 aromatic carbocycles. The summed E-state index contributed by atoms with van der Waals surface area (Å²) in [6, 6.07) is 4.64. The molecule has 1 unspecified atom stereocenters. The standard InChI is InChI=1S/C25H22F9NO5S2/c26-18-5-7-19(8-6-18)42(39,40)22(9-12-35(15-22)20(36)21(27)10-13-41(37,38)14-11-21)16-1-3-17(4-2-16)23(28,24(29,30)31)25(32,33)34/h1-8H,9-15H2. The van der Waals surface area contributed by atoms with Crippen LogP contribution in [-0.4, -0.2) is 70.3 Å². The van der Waals surface area contributed by atoms with Gasteiger partial charge in [-0.2, -0.15) is 26.3 Å². The molecular formula is C25H22F9NO5S2. The predicted molar refractivity (Wildman–Crippen MR) is 130 cm³/mol. The molecule has 2 aliphatic heterocycles. The summed E-state index contributed by atoms with van der Waals surface area (Å²) in [5, 5.41) is 0. The number of hydrogen-bond acceptors (Lipinski definition) is 5. The number of alkyl halides is 8. The molecule has 1 amide bonds. The molecule has 232 valence electrons. The number of benzene rings is 2. The van der Waals surface area contributed by atoms with Gasteiger partial charge in [-0.05, 0) is 36.2 Å². The van der Waals surface area contributed by atoms with Crippen molar-refractivity contribution < 1.29 is 61.1 Å². The van der Waals surface area contributed by atoms with E-state index in [-0.39, 0.29) is 12.1 Å². The SMILES string of the molecule is O=C(N1CCC(c2ccc(C(F)(C(F)(F)F)C(F)(F)F)cc2)(S(=O)(=O)c2ccc(F)cc2)C1)C1(F)CCS(=O)(=O)CC1. The Morgan fingerprint density at radius 3 is 1.79 bits per heavy atom. The summed E-state index contributed by atoms with van der Waals surface area (Å²) in [6.07, 6.45) is -14.8. The van der Waals surface area contributed by atoms with Crippen LogP contribution in [0.3, 0.4) is 0 Å². The predicted octanol–water partition coefficient (Wildman–Crippen LogP) is 4.93. The zero-order valence-electron chi connectivity index (χ0n) is 21.3. The molecule has 0 spiro atoms. The molecular weight excluding hydrogens is 629 g/mol. The Labute approximate surface area is 234 Å². The van der Waals surface area contributed by atoms with E-state index in [4.69, 9.17) is 0 Å². The highest BCUT2D eigenvalue weighted by molar-refractivity contribution is 7.92. The number of carbonyl (C=O) groups excluding carboxylic acids is 1. The third-order valence-electron chi connectivity index (χ3n) is 7.75. The maximum absolute atomic E-state index is 15.6. The summed E-state index contributed by atoms with van der Waals surface area (Å²) in [4.78, 5) is 13.4. The maximum atomic E-state index is 15.6. The van der Waals surface area contributed by atoms with Crippen molar-refractivity contribution >= 4 is 25.6 Å². The molecule has 1 atom stereocenters. The van der Waals surface area contributed by atoms with Gasteiger partial charge < -0.3 is 4.90 Å². The fraction of sp³-hybridized carbons (Fsp3) is 0.480. The molecule has 0 saturated carbocycles. The van der Waals surface area contributed by atoms with Crippen molar-refractivity contribution in [3.63, 3.8) is 0 Å². The second-order valence-corrected chi connectivity index (χ2v) is 14.8. The van der Waals surface area contributed by atoms with Gasteiger partial charge in [-0.3, -0.25) is 4.79 Å². The number of halogens is 9. The number of hydrogen-bond donors (Lipinski definition) is 0. The van der Waals surface area contributed by atoms with Crippen LogP contribution in [-0.2, 0) is 34.9 Å². The quantitative estimate of drug-likeness (QED) is 0.338. The Morgan fingerprint density at radius 1 is 0.810 bits per heavy atom. The summed E-state index contributed by atoms with van der Waals surface area (Å²) >= 11 is 0. The summed E-state index contributed by atoms with van der Waals surface area (Å²) in [7, 11) is -8.33. The van der Waals surface area contributed by atoms with Crippen LogP contribution in [0.2, 0.25) is 0 Å². The Balaban J connectivity index is 1.80. The van der Waals surface area contributed by atoms with Crippen LogP contribution >= 0.6 is 0 Å². The highest BCUT2D eigenvalue weighted by Crippen LogP contribution is 2.54. The van der Waals surface area contributed by atoms with Gasteiger partial charge in [0.2, 0.25) is 0 Å². The molecule has 6 nitrogen and oxygen atoms in total. The Morgan fingerprint density at radius 2 is 1.31 bits per heavy atom. The lowest BCUT2D eigenvalue weighted by Crippen LogP contribution is -2.51. The zero-order chi connectivity index (χ0) is 31.6. The number of amides is 1. The zero-order valence-corrected chi connectivity index (χ0v) is 22.9. The number of carbonyl (C=O) groups is 1. The van der Waals surface area contributed by atoms with Gasteiger partial charge in [0.1, 0.15) is 10.6 Å². The van der Waals surface area contributed by atoms with Crippen molar-refractivity contribution in [2.45, 2.75) is 52.6 Å². The van der Waals surface area contributed by atoms with Crippen LogP contribution in [0.4, 0.5) is 39.5 Å². The van der Waals surface area contributed by atoms with Crippen molar-refractivity contribution in [1.82, 2.24) is 4.90 Å². The van der Waals surface area contributed by atoms with E-state index >= 15 is 4.39 Å². The Hall–Kier alpha value is -2.82. The molecule has 17 heteroatoms. The normalized spacial score (nSPS) is 23.1. The monoisotopic (exact) mass is 651 g/mol. The highest BCUT2D eigenvalue weighted by Gasteiger charge is 2.73. The van der Waals surface area contributed by atoms with Gasteiger partial charge in [0.25, 0.3) is 5.91 Å². The van der Waals surface area contributed by atoms with Crippen molar-refractivity contribution in [3.8, 4) is 0 Å². The van der Waals surface area contributed by atoms with Crippen LogP contribution in [0.25, 0.3) is 0 Å². The van der Waals surface area contributed by atoms with Crippen molar-refractivity contribution in [2.24, 2.45) is 0 Å². The molecule has 0 bridgehead atoms. The molecule has 0 N–H and O–H groups in total. The fourth-order valence-electron chi connectivity index (χ4n) is 5.26. The van der Waals surface area contributed by atoms with Crippen molar-refractivity contribution in [1.29, 1.82) is 0 Å². The first-order valence-electron chi connectivity index (χ1n) is 12.2. The van der Waals surface area contributed by atoms with E-state index in [1.54, 1.807) is 0 Å². The Kier molecular flexibility index (Phi) is 7.74. The average Bonchev–Trinajstić information content (AvgIpc) is 3.36. The van der Waals surface area contributed by atoms with Gasteiger partial charge >= 0.3 is 18.0 Å². The van der Waals surface area contributed by atoms with E-state index < -0.39 is 120 Å². The second-order valence-electron chi connectivity index (χ2n) is 10.3. The minimum atomic E-state index is -6.43. The number of rotatable bonds is 5. The van der Waals surface area contributed by atoms with E-state index in [2.05, 4.69) is 0 Å². The molecule has 42 heavy (non-hydrogen) atoms. The van der Waals surface area contributed by atoms with E-state index in [9.17, 15) is 56.8 Å². The smallest absolute Gasteiger partial charge is 0.338 e. The van der Waals surface area contributed by atoms with E-state index in [1.807, 2.05) is 0 Å². The molecule has 2 aliphatic rings. The first-order chi connectivity index (χ1) is 19.1. The molecule has 2 fully saturated rings. The van der Waals surface area contributed by atoms with Gasteiger partial charge in [0.05, 0.1) is 16.4 Å². The lowest BCUT2D eigenvalue weighted by Gasteiger charge is -2.34. The summed E-state index contributed by atoms with van der Waals surface area (Å²) in [5.74, 6) is -3.36. The van der Waals surface area contributed by atoms with E-state index in [0.717, 1.165) is 29.2 Å². The lowest BCUT2D eigenvalue weighted by atomic mass is 9.90. The van der Waals surface area contributed by atoms with Crippen LogP contribution in [0.15, 0.2) is 53.4 Å². The summed E-state index contributed by atoms with van der Waals surface area (Å²) < 4.78 is 172. The fourth-order valence-corrected chi connectivity index (χ4v) is 8.81. The third kappa shape index (κ3) is 5.15.